The molecule has 0 atom stereocenters. The Balaban J connectivity index is 0.00000392. The first-order valence-corrected chi connectivity index (χ1v) is 9.71. The highest BCUT2D eigenvalue weighted by Gasteiger charge is 2.09. The number of benzene rings is 1. The fourth-order valence-corrected chi connectivity index (χ4v) is 2.35. The molecule has 0 bridgehead atoms. The Morgan fingerprint density at radius 3 is 2.64 bits per heavy atom. The van der Waals surface area contributed by atoms with Gasteiger partial charge in [-0.15, -0.1) is 24.0 Å². The van der Waals surface area contributed by atoms with E-state index in [1.165, 1.54) is 0 Å². The molecule has 0 saturated carbocycles. The molecule has 2 aromatic rings. The summed E-state index contributed by atoms with van der Waals surface area (Å²) in [5.74, 6) is 3.48. The van der Waals surface area contributed by atoms with Gasteiger partial charge < -0.3 is 19.9 Å². The molecule has 1 aromatic heterocycles. The van der Waals surface area contributed by atoms with Crippen LogP contribution in [0.5, 0.6) is 5.75 Å². The number of aromatic nitrogens is 2. The predicted octanol–water partition coefficient (Wildman–Crippen LogP) is 3.77. The number of nitrogens with zero attached hydrogens (tertiary/aromatic N) is 3. The fraction of sp³-hybridized carbons (Fsp3) is 0.550. The monoisotopic (exact) mass is 501 g/mol. The molecule has 0 aliphatic heterocycles. The standard InChI is InChI=1S/C20H31N5O2.HI/c1-4-21-20(23-14-9-15-26-17-10-6-5-7-11-17)22-13-8-12-18-24-19(16(2)3)25-27-18;/h5-7,10-11,16H,4,8-9,12-15H2,1-3H3,(H2,21,22,23);1H. The number of guanidine groups is 1. The van der Waals surface area contributed by atoms with Gasteiger partial charge in [0.1, 0.15) is 5.75 Å². The van der Waals surface area contributed by atoms with Gasteiger partial charge in [0.05, 0.1) is 6.61 Å². The molecule has 0 saturated heterocycles. The summed E-state index contributed by atoms with van der Waals surface area (Å²) >= 11 is 0. The summed E-state index contributed by atoms with van der Waals surface area (Å²) in [6.45, 7) is 9.16. The molecule has 1 aromatic carbocycles. The first-order valence-electron chi connectivity index (χ1n) is 9.71. The van der Waals surface area contributed by atoms with Gasteiger partial charge in [-0.3, -0.25) is 4.99 Å². The lowest BCUT2D eigenvalue weighted by molar-refractivity contribution is 0.313. The number of hydrogen-bond acceptors (Lipinski definition) is 5. The third-order valence-electron chi connectivity index (χ3n) is 3.79. The quantitative estimate of drug-likeness (QED) is 0.211. The Labute approximate surface area is 184 Å². The smallest absolute Gasteiger partial charge is 0.226 e. The average Bonchev–Trinajstić information content (AvgIpc) is 3.15. The predicted molar refractivity (Wildman–Crippen MR) is 123 cm³/mol. The largest absolute Gasteiger partial charge is 0.494 e. The summed E-state index contributed by atoms with van der Waals surface area (Å²) in [7, 11) is 0. The Bertz CT molecular complexity index is 676. The summed E-state index contributed by atoms with van der Waals surface area (Å²) in [5, 5.41) is 10.6. The van der Waals surface area contributed by atoms with E-state index in [4.69, 9.17) is 9.26 Å². The van der Waals surface area contributed by atoms with Gasteiger partial charge in [0.15, 0.2) is 11.8 Å². The SMILES string of the molecule is CCNC(=NCCCOc1ccccc1)NCCCc1nc(C(C)C)no1.I. The van der Waals surface area contributed by atoms with E-state index >= 15 is 0 Å². The molecular formula is C20H32IN5O2. The van der Waals surface area contributed by atoms with Crippen molar-refractivity contribution < 1.29 is 9.26 Å². The molecule has 28 heavy (non-hydrogen) atoms. The molecule has 8 heteroatoms. The summed E-state index contributed by atoms with van der Waals surface area (Å²) < 4.78 is 10.9. The van der Waals surface area contributed by atoms with E-state index in [1.54, 1.807) is 0 Å². The van der Waals surface area contributed by atoms with Crippen LogP contribution >= 0.6 is 24.0 Å². The summed E-state index contributed by atoms with van der Waals surface area (Å²) in [4.78, 5) is 8.97. The minimum Gasteiger partial charge on any atom is -0.494 e. The van der Waals surface area contributed by atoms with Crippen molar-refractivity contribution in [1.29, 1.82) is 0 Å². The fourth-order valence-electron chi connectivity index (χ4n) is 2.35. The first-order chi connectivity index (χ1) is 13.2. The molecule has 0 aliphatic carbocycles. The van der Waals surface area contributed by atoms with E-state index in [0.29, 0.717) is 25.0 Å². The molecule has 2 rings (SSSR count). The number of halogens is 1. The van der Waals surface area contributed by atoms with Gasteiger partial charge in [-0.25, -0.2) is 0 Å². The van der Waals surface area contributed by atoms with Crippen molar-refractivity contribution in [2.75, 3.05) is 26.2 Å². The molecular weight excluding hydrogens is 469 g/mol. The van der Waals surface area contributed by atoms with Crippen molar-refractivity contribution >= 4 is 29.9 Å². The molecule has 0 spiro atoms. The maximum atomic E-state index is 5.68. The Morgan fingerprint density at radius 1 is 1.18 bits per heavy atom. The lowest BCUT2D eigenvalue weighted by atomic mass is 10.2. The van der Waals surface area contributed by atoms with Crippen LogP contribution in [0.15, 0.2) is 39.8 Å². The van der Waals surface area contributed by atoms with Crippen molar-refractivity contribution in [3.8, 4) is 5.75 Å². The maximum absolute atomic E-state index is 5.68. The van der Waals surface area contributed by atoms with E-state index in [2.05, 4.69) is 46.5 Å². The van der Waals surface area contributed by atoms with Gasteiger partial charge in [-0.05, 0) is 25.5 Å². The van der Waals surface area contributed by atoms with Gasteiger partial charge in [-0.2, -0.15) is 4.98 Å². The van der Waals surface area contributed by atoms with E-state index in [9.17, 15) is 0 Å². The zero-order chi connectivity index (χ0) is 19.3. The second-order valence-corrected chi connectivity index (χ2v) is 6.51. The van der Waals surface area contributed by atoms with Crippen LogP contribution < -0.4 is 15.4 Å². The molecule has 0 fully saturated rings. The molecule has 1 heterocycles. The van der Waals surface area contributed by atoms with Crippen LogP contribution in [0.4, 0.5) is 0 Å². The van der Waals surface area contributed by atoms with Crippen LogP contribution in [0.2, 0.25) is 0 Å². The molecule has 0 unspecified atom stereocenters. The highest BCUT2D eigenvalue weighted by atomic mass is 127. The van der Waals surface area contributed by atoms with Crippen molar-refractivity contribution in [2.45, 2.75) is 46.0 Å². The van der Waals surface area contributed by atoms with Crippen LogP contribution in [0.1, 0.15) is 51.2 Å². The van der Waals surface area contributed by atoms with Crippen LogP contribution in [0, 0.1) is 0 Å². The van der Waals surface area contributed by atoms with Crippen LogP contribution in [-0.4, -0.2) is 42.3 Å². The van der Waals surface area contributed by atoms with E-state index in [1.807, 2.05) is 30.3 Å². The normalized spacial score (nSPS) is 11.2. The Morgan fingerprint density at radius 2 is 1.96 bits per heavy atom. The Hall–Kier alpha value is -1.84. The van der Waals surface area contributed by atoms with Crippen LogP contribution in [0.25, 0.3) is 0 Å². The van der Waals surface area contributed by atoms with Crippen LogP contribution in [0.3, 0.4) is 0 Å². The Kier molecular flexibility index (Phi) is 12.3. The van der Waals surface area contributed by atoms with E-state index < -0.39 is 0 Å². The average molecular weight is 501 g/mol. The maximum Gasteiger partial charge on any atom is 0.226 e. The lowest BCUT2D eigenvalue weighted by Gasteiger charge is -2.11. The number of hydrogen-bond donors (Lipinski definition) is 2. The van der Waals surface area contributed by atoms with Gasteiger partial charge in [0, 0.05) is 38.4 Å². The number of rotatable bonds is 11. The molecule has 0 radical (unpaired) electrons. The second kappa shape index (κ2) is 14.2. The van der Waals surface area contributed by atoms with Gasteiger partial charge >= 0.3 is 0 Å². The zero-order valence-corrected chi connectivity index (χ0v) is 19.3. The highest BCUT2D eigenvalue weighted by Crippen LogP contribution is 2.10. The topological polar surface area (TPSA) is 84.6 Å². The molecule has 0 aliphatic rings. The third kappa shape index (κ3) is 9.38. The number of aliphatic imine (C=N–C) groups is 1. The van der Waals surface area contributed by atoms with Crippen LogP contribution in [-0.2, 0) is 6.42 Å². The second-order valence-electron chi connectivity index (χ2n) is 6.51. The van der Waals surface area contributed by atoms with Crippen molar-refractivity contribution in [1.82, 2.24) is 20.8 Å². The molecule has 2 N–H and O–H groups in total. The summed E-state index contributed by atoms with van der Waals surface area (Å²) in [6.07, 6.45) is 2.53. The van der Waals surface area contributed by atoms with E-state index in [0.717, 1.165) is 49.9 Å². The molecule has 156 valence electrons. The van der Waals surface area contributed by atoms with Gasteiger partial charge in [0.25, 0.3) is 0 Å². The van der Waals surface area contributed by atoms with E-state index in [-0.39, 0.29) is 24.0 Å². The van der Waals surface area contributed by atoms with Crippen molar-refractivity contribution in [2.24, 2.45) is 4.99 Å². The zero-order valence-electron chi connectivity index (χ0n) is 17.0. The summed E-state index contributed by atoms with van der Waals surface area (Å²) in [6, 6.07) is 9.84. The molecule has 0 amide bonds. The highest BCUT2D eigenvalue weighted by molar-refractivity contribution is 14.0. The number of para-hydroxylation sites is 1. The first kappa shape index (κ1) is 24.2. The number of aryl methyl sites for hydroxylation is 1. The lowest BCUT2D eigenvalue weighted by Crippen LogP contribution is -2.38. The van der Waals surface area contributed by atoms with Crippen molar-refractivity contribution in [3.05, 3.63) is 42.0 Å². The minimum atomic E-state index is 0. The minimum absolute atomic E-state index is 0. The van der Waals surface area contributed by atoms with Gasteiger partial charge in [0.2, 0.25) is 5.89 Å². The molecule has 7 nitrogen and oxygen atoms in total. The number of nitrogens with one attached hydrogen (secondary N) is 2. The number of ether oxygens (including phenoxy) is 1. The van der Waals surface area contributed by atoms with Gasteiger partial charge in [-0.1, -0.05) is 37.2 Å². The summed E-state index contributed by atoms with van der Waals surface area (Å²) in [5.41, 5.74) is 0. The van der Waals surface area contributed by atoms with Crippen molar-refractivity contribution in [3.63, 3.8) is 0 Å². The third-order valence-corrected chi connectivity index (χ3v) is 3.79.